The molecule has 0 saturated heterocycles. The zero-order valence-corrected chi connectivity index (χ0v) is 16.5. The van der Waals surface area contributed by atoms with Crippen LogP contribution in [0.1, 0.15) is 46.5 Å². The fourth-order valence-electron chi connectivity index (χ4n) is 2.90. The predicted molar refractivity (Wildman–Crippen MR) is 99.8 cm³/mol. The molecule has 0 spiro atoms. The third kappa shape index (κ3) is 6.47. The Balaban J connectivity index is 1.89. The molecule has 0 aromatic carbocycles. The number of anilines is 1. The minimum Gasteiger partial charge on any atom is -0.481 e. The molecule has 0 atom stereocenters. The van der Waals surface area contributed by atoms with Gasteiger partial charge in [0.2, 0.25) is 10.0 Å². The molecule has 27 heavy (non-hydrogen) atoms. The number of carbonyl (C=O) groups is 2. The molecule has 2 amide bonds. The number of hydrogen-bond donors (Lipinski definition) is 4. The van der Waals surface area contributed by atoms with Gasteiger partial charge in [-0.1, -0.05) is 0 Å². The monoisotopic (exact) mass is 398 g/mol. The Labute approximate surface area is 159 Å². The lowest BCUT2D eigenvalue weighted by Crippen LogP contribution is -2.41. The summed E-state index contributed by atoms with van der Waals surface area (Å²) >= 11 is 0. The Bertz CT molecular complexity index is 779. The highest BCUT2D eigenvalue weighted by molar-refractivity contribution is 7.89. The molecule has 2 rings (SSSR count). The Hall–Kier alpha value is -2.20. The Kier molecular flexibility index (Phi) is 6.42. The molecule has 1 aromatic heterocycles. The Morgan fingerprint density at radius 2 is 1.78 bits per heavy atom. The van der Waals surface area contributed by atoms with Crippen LogP contribution >= 0.6 is 0 Å². The van der Waals surface area contributed by atoms with E-state index in [9.17, 15) is 18.0 Å². The van der Waals surface area contributed by atoms with E-state index in [-0.39, 0.29) is 22.7 Å². The van der Waals surface area contributed by atoms with Crippen molar-refractivity contribution in [1.29, 1.82) is 0 Å². The summed E-state index contributed by atoms with van der Waals surface area (Å²) in [6.07, 6.45) is 3.46. The summed E-state index contributed by atoms with van der Waals surface area (Å²) < 4.78 is 27.0. The number of aromatic nitrogens is 1. The molecule has 4 N–H and O–H groups in total. The molecule has 0 aliphatic heterocycles. The summed E-state index contributed by atoms with van der Waals surface area (Å²) in [4.78, 5) is 27.0. The second kappa shape index (κ2) is 8.22. The van der Waals surface area contributed by atoms with E-state index in [0.717, 1.165) is 0 Å². The van der Waals surface area contributed by atoms with Gasteiger partial charge in [0.1, 0.15) is 10.7 Å². The molecular weight excluding hydrogens is 372 g/mol. The number of carboxylic acid groups (broad SMARTS) is 1. The van der Waals surface area contributed by atoms with Crippen molar-refractivity contribution in [2.45, 2.75) is 62.9 Å². The minimum absolute atomic E-state index is 0.00961. The summed E-state index contributed by atoms with van der Waals surface area (Å²) in [5, 5.41) is 14.3. The van der Waals surface area contributed by atoms with Crippen LogP contribution in [-0.2, 0) is 14.8 Å². The molecule has 9 nitrogen and oxygen atoms in total. The summed E-state index contributed by atoms with van der Waals surface area (Å²) in [5.74, 6) is -0.913. The van der Waals surface area contributed by atoms with Crippen molar-refractivity contribution in [2.75, 3.05) is 5.32 Å². The van der Waals surface area contributed by atoms with Crippen molar-refractivity contribution < 1.29 is 23.1 Å². The summed E-state index contributed by atoms with van der Waals surface area (Å²) in [5.41, 5.74) is -0.616. The second-order valence-electron chi connectivity index (χ2n) is 7.72. The minimum atomic E-state index is -3.69. The molecule has 150 valence electrons. The maximum absolute atomic E-state index is 12.2. The molecule has 0 unspecified atom stereocenters. The van der Waals surface area contributed by atoms with Gasteiger partial charge in [-0.25, -0.2) is 22.9 Å². The number of nitrogens with zero attached hydrogens (tertiary/aromatic N) is 1. The standard InChI is InChI=1S/C17H26N4O5S/c1-17(2,3)21-27(25,26)13-8-9-14(18-10-13)20-16(24)19-12-6-4-11(5-7-12)15(22)23/h8-12,21H,4-7H2,1-3H3,(H,22,23)(H2,18,19,20,24). The van der Waals surface area contributed by atoms with Crippen molar-refractivity contribution in [3.63, 3.8) is 0 Å². The average Bonchev–Trinajstić information content (AvgIpc) is 2.53. The number of sulfonamides is 1. The van der Waals surface area contributed by atoms with Crippen LogP contribution in [0.25, 0.3) is 0 Å². The molecule has 1 fully saturated rings. The first-order valence-electron chi connectivity index (χ1n) is 8.76. The third-order valence-electron chi connectivity index (χ3n) is 4.14. The van der Waals surface area contributed by atoms with E-state index in [4.69, 9.17) is 5.11 Å². The van der Waals surface area contributed by atoms with Gasteiger partial charge < -0.3 is 10.4 Å². The van der Waals surface area contributed by atoms with Gasteiger partial charge >= 0.3 is 12.0 Å². The van der Waals surface area contributed by atoms with Crippen LogP contribution in [0.2, 0.25) is 0 Å². The van der Waals surface area contributed by atoms with E-state index in [1.165, 1.54) is 18.3 Å². The second-order valence-corrected chi connectivity index (χ2v) is 9.40. The Morgan fingerprint density at radius 1 is 1.15 bits per heavy atom. The molecule has 1 aliphatic rings. The lowest BCUT2D eigenvalue weighted by Gasteiger charge is -2.26. The highest BCUT2D eigenvalue weighted by Gasteiger charge is 2.27. The summed E-state index contributed by atoms with van der Waals surface area (Å²) in [7, 11) is -3.69. The molecule has 0 bridgehead atoms. The fraction of sp³-hybridized carbons (Fsp3) is 0.588. The summed E-state index contributed by atoms with van der Waals surface area (Å²) in [6.45, 7) is 5.21. The number of hydrogen-bond acceptors (Lipinski definition) is 5. The quantitative estimate of drug-likeness (QED) is 0.598. The number of nitrogens with one attached hydrogen (secondary N) is 3. The van der Waals surface area contributed by atoms with Crippen LogP contribution in [0.15, 0.2) is 23.2 Å². The largest absolute Gasteiger partial charge is 0.481 e. The van der Waals surface area contributed by atoms with Gasteiger partial charge in [0.25, 0.3) is 0 Å². The summed E-state index contributed by atoms with van der Waals surface area (Å²) in [6, 6.07) is 2.24. The van der Waals surface area contributed by atoms with Crippen molar-refractivity contribution in [3.05, 3.63) is 18.3 Å². The molecule has 1 saturated carbocycles. The number of carboxylic acids is 1. The van der Waals surface area contributed by atoms with Crippen LogP contribution in [0, 0.1) is 5.92 Å². The zero-order chi connectivity index (χ0) is 20.2. The average molecular weight is 398 g/mol. The van der Waals surface area contributed by atoms with Crippen LogP contribution < -0.4 is 15.4 Å². The van der Waals surface area contributed by atoms with Crippen molar-refractivity contribution in [2.24, 2.45) is 5.92 Å². The SMILES string of the molecule is CC(C)(C)NS(=O)(=O)c1ccc(NC(=O)NC2CCC(C(=O)O)CC2)nc1. The molecule has 10 heteroatoms. The van der Waals surface area contributed by atoms with Crippen LogP contribution in [0.3, 0.4) is 0 Å². The van der Waals surface area contributed by atoms with Gasteiger partial charge in [-0.05, 0) is 58.6 Å². The highest BCUT2D eigenvalue weighted by Crippen LogP contribution is 2.24. The van der Waals surface area contributed by atoms with Gasteiger partial charge in [-0.15, -0.1) is 0 Å². The number of aliphatic carboxylic acids is 1. The first kappa shape index (κ1) is 21.1. The van der Waals surface area contributed by atoms with Crippen molar-refractivity contribution >= 4 is 27.8 Å². The van der Waals surface area contributed by atoms with Crippen molar-refractivity contribution in [1.82, 2.24) is 15.0 Å². The molecule has 1 heterocycles. The number of carbonyl (C=O) groups excluding carboxylic acids is 1. The van der Waals surface area contributed by atoms with E-state index >= 15 is 0 Å². The maximum atomic E-state index is 12.2. The fourth-order valence-corrected chi connectivity index (χ4v) is 4.26. The lowest BCUT2D eigenvalue weighted by atomic mass is 9.86. The van der Waals surface area contributed by atoms with Gasteiger partial charge in [0, 0.05) is 17.8 Å². The van der Waals surface area contributed by atoms with Gasteiger partial charge in [0.15, 0.2) is 0 Å². The zero-order valence-electron chi connectivity index (χ0n) is 15.7. The van der Waals surface area contributed by atoms with Gasteiger partial charge in [-0.3, -0.25) is 10.1 Å². The number of rotatable bonds is 5. The van der Waals surface area contributed by atoms with Crippen LogP contribution in [-0.4, -0.2) is 42.1 Å². The van der Waals surface area contributed by atoms with Crippen LogP contribution in [0.5, 0.6) is 0 Å². The molecule has 0 radical (unpaired) electrons. The Morgan fingerprint density at radius 3 is 2.26 bits per heavy atom. The van der Waals surface area contributed by atoms with Crippen LogP contribution in [0.4, 0.5) is 10.6 Å². The lowest BCUT2D eigenvalue weighted by molar-refractivity contribution is -0.142. The first-order chi connectivity index (χ1) is 12.5. The van der Waals surface area contributed by atoms with Gasteiger partial charge in [-0.2, -0.15) is 0 Å². The number of urea groups is 1. The number of amides is 2. The molecular formula is C17H26N4O5S. The van der Waals surface area contributed by atoms with E-state index in [1.807, 2.05) is 0 Å². The van der Waals surface area contributed by atoms with E-state index in [2.05, 4.69) is 20.3 Å². The highest BCUT2D eigenvalue weighted by atomic mass is 32.2. The molecule has 1 aromatic rings. The van der Waals surface area contributed by atoms with E-state index < -0.39 is 27.6 Å². The third-order valence-corrected chi connectivity index (χ3v) is 5.88. The molecule has 1 aliphatic carbocycles. The number of pyridine rings is 1. The van der Waals surface area contributed by atoms with Gasteiger partial charge in [0.05, 0.1) is 5.92 Å². The normalized spacial score (nSPS) is 20.7. The maximum Gasteiger partial charge on any atom is 0.320 e. The van der Waals surface area contributed by atoms with Crippen molar-refractivity contribution in [3.8, 4) is 0 Å². The topological polar surface area (TPSA) is 137 Å². The first-order valence-corrected chi connectivity index (χ1v) is 10.2. The predicted octanol–water partition coefficient (Wildman–Crippen LogP) is 1.92. The smallest absolute Gasteiger partial charge is 0.320 e. The van der Waals surface area contributed by atoms with E-state index in [0.29, 0.717) is 25.7 Å². The van der Waals surface area contributed by atoms with E-state index in [1.54, 1.807) is 20.8 Å².